The highest BCUT2D eigenvalue weighted by Crippen LogP contribution is 2.26. The number of hydrogen-bond acceptors (Lipinski definition) is 7. The molecule has 0 saturated heterocycles. The van der Waals surface area contributed by atoms with Crippen molar-refractivity contribution in [3.05, 3.63) is 41.6 Å². The Morgan fingerprint density at radius 2 is 2.08 bits per heavy atom. The second-order valence-corrected chi connectivity index (χ2v) is 6.35. The molecule has 0 spiro atoms. The number of pyridine rings is 1. The van der Waals surface area contributed by atoms with Gasteiger partial charge in [0.15, 0.2) is 0 Å². The van der Waals surface area contributed by atoms with Gasteiger partial charge < -0.3 is 0 Å². The quantitative estimate of drug-likeness (QED) is 0.739. The first-order valence-electron chi connectivity index (χ1n) is 7.64. The molecule has 3 aromatic heterocycles. The van der Waals surface area contributed by atoms with Gasteiger partial charge in [-0.25, -0.2) is 4.98 Å². The normalized spacial score (nSPS) is 12.1. The van der Waals surface area contributed by atoms with Crippen molar-refractivity contribution in [2.75, 3.05) is 5.32 Å². The summed E-state index contributed by atoms with van der Waals surface area (Å²) in [7, 11) is 0. The Bertz CT molecular complexity index is 815. The van der Waals surface area contributed by atoms with Crippen LogP contribution in [0, 0.1) is 0 Å². The third kappa shape index (κ3) is 3.62. The van der Waals surface area contributed by atoms with Crippen LogP contribution >= 0.6 is 11.3 Å². The van der Waals surface area contributed by atoms with Crippen LogP contribution in [0.5, 0.6) is 0 Å². The summed E-state index contributed by atoms with van der Waals surface area (Å²) in [5, 5.41) is 19.8. The molecule has 0 bridgehead atoms. The van der Waals surface area contributed by atoms with Crippen molar-refractivity contribution < 1.29 is 4.79 Å². The highest BCUT2D eigenvalue weighted by Gasteiger charge is 2.15. The average Bonchev–Trinajstić information content (AvgIpc) is 3.27. The zero-order valence-electron chi connectivity index (χ0n) is 13.4. The van der Waals surface area contributed by atoms with Gasteiger partial charge in [-0.05, 0) is 18.6 Å². The van der Waals surface area contributed by atoms with Crippen LogP contribution in [-0.4, -0.2) is 35.9 Å². The lowest BCUT2D eigenvalue weighted by molar-refractivity contribution is 0.102. The summed E-state index contributed by atoms with van der Waals surface area (Å²) in [6.07, 6.45) is 5.18. The van der Waals surface area contributed by atoms with Crippen LogP contribution in [0.2, 0.25) is 0 Å². The maximum absolute atomic E-state index is 12.4. The van der Waals surface area contributed by atoms with E-state index in [0.29, 0.717) is 22.6 Å². The number of anilines is 1. The minimum atomic E-state index is -0.323. The third-order valence-electron chi connectivity index (χ3n) is 3.45. The highest BCUT2D eigenvalue weighted by molar-refractivity contribution is 7.15. The van der Waals surface area contributed by atoms with E-state index in [1.54, 1.807) is 22.8 Å². The van der Waals surface area contributed by atoms with Crippen LogP contribution in [0.15, 0.2) is 30.9 Å². The summed E-state index contributed by atoms with van der Waals surface area (Å²) in [4.78, 5) is 16.7. The van der Waals surface area contributed by atoms with Crippen molar-refractivity contribution in [3.8, 4) is 5.82 Å². The van der Waals surface area contributed by atoms with Gasteiger partial charge in [-0.2, -0.15) is 0 Å². The van der Waals surface area contributed by atoms with E-state index < -0.39 is 0 Å². The molecule has 0 aliphatic heterocycles. The topological polar surface area (TPSA) is 98.5 Å². The predicted octanol–water partition coefficient (Wildman–Crippen LogP) is 2.67. The molecule has 0 fully saturated rings. The van der Waals surface area contributed by atoms with E-state index in [1.807, 2.05) is 0 Å². The van der Waals surface area contributed by atoms with Crippen molar-refractivity contribution in [2.45, 2.75) is 32.6 Å². The number of nitrogens with zero attached hydrogens (tertiary/aromatic N) is 6. The predicted molar refractivity (Wildman–Crippen MR) is 90.3 cm³/mol. The number of carbonyl (C=O) groups excluding carboxylic acids is 1. The first-order chi connectivity index (χ1) is 11.7. The maximum atomic E-state index is 12.4. The number of aromatic nitrogens is 6. The Morgan fingerprint density at radius 3 is 2.83 bits per heavy atom. The fraction of sp³-hybridized carbons (Fsp3) is 0.333. The van der Waals surface area contributed by atoms with Gasteiger partial charge in [-0.1, -0.05) is 37.7 Å². The Balaban J connectivity index is 1.72. The third-order valence-corrected chi connectivity index (χ3v) is 4.52. The summed E-state index contributed by atoms with van der Waals surface area (Å²) in [5.74, 6) is 0.589. The SMILES string of the molecule is CCC[C@H](C)c1nnc(NC(=O)c2cccc(-n3cnnc3)n2)s1. The van der Waals surface area contributed by atoms with Crippen LogP contribution in [0.3, 0.4) is 0 Å². The second-order valence-electron chi connectivity index (χ2n) is 5.34. The van der Waals surface area contributed by atoms with Gasteiger partial charge in [0.2, 0.25) is 5.13 Å². The number of hydrogen-bond donors (Lipinski definition) is 1. The zero-order chi connectivity index (χ0) is 16.9. The van der Waals surface area contributed by atoms with E-state index in [9.17, 15) is 4.79 Å². The van der Waals surface area contributed by atoms with Crippen molar-refractivity contribution in [1.29, 1.82) is 0 Å². The van der Waals surface area contributed by atoms with Crippen LogP contribution in [-0.2, 0) is 0 Å². The van der Waals surface area contributed by atoms with E-state index in [-0.39, 0.29) is 5.91 Å². The van der Waals surface area contributed by atoms with Crippen molar-refractivity contribution in [1.82, 2.24) is 29.9 Å². The average molecular weight is 343 g/mol. The van der Waals surface area contributed by atoms with Crippen LogP contribution in [0.1, 0.15) is 48.1 Å². The largest absolute Gasteiger partial charge is 0.295 e. The monoisotopic (exact) mass is 343 g/mol. The van der Waals surface area contributed by atoms with Crippen molar-refractivity contribution in [2.24, 2.45) is 0 Å². The Kier molecular flexibility index (Phi) is 4.90. The van der Waals surface area contributed by atoms with Gasteiger partial charge in [-0.3, -0.25) is 14.7 Å². The standard InChI is InChI=1S/C15H17N7OS/c1-3-5-10(2)14-20-21-15(24-14)19-13(23)11-6-4-7-12(18-11)22-8-16-17-9-22/h4,6-10H,3,5H2,1-2H3,(H,19,21,23)/t10-/m0/s1. The lowest BCUT2D eigenvalue weighted by Gasteiger charge is -2.04. The minimum absolute atomic E-state index is 0.291. The maximum Gasteiger partial charge on any atom is 0.276 e. The molecular formula is C15H17N7OS. The molecule has 1 atom stereocenters. The smallest absolute Gasteiger partial charge is 0.276 e. The van der Waals surface area contributed by atoms with E-state index in [2.05, 4.69) is 44.5 Å². The lowest BCUT2D eigenvalue weighted by Crippen LogP contribution is -2.14. The summed E-state index contributed by atoms with van der Waals surface area (Å²) in [6, 6.07) is 5.17. The fourth-order valence-electron chi connectivity index (χ4n) is 2.21. The molecule has 1 amide bonds. The minimum Gasteiger partial charge on any atom is -0.295 e. The molecule has 3 rings (SSSR count). The summed E-state index contributed by atoms with van der Waals surface area (Å²) in [6.45, 7) is 4.24. The number of carbonyl (C=O) groups is 1. The molecule has 24 heavy (non-hydrogen) atoms. The Labute approximate surface area is 143 Å². The first-order valence-corrected chi connectivity index (χ1v) is 8.46. The molecule has 124 valence electrons. The van der Waals surface area contributed by atoms with Gasteiger partial charge in [0.25, 0.3) is 5.91 Å². The van der Waals surface area contributed by atoms with E-state index in [1.165, 1.54) is 24.0 Å². The van der Waals surface area contributed by atoms with E-state index in [4.69, 9.17) is 0 Å². The second kappa shape index (κ2) is 7.26. The molecule has 3 aromatic rings. The summed E-state index contributed by atoms with van der Waals surface area (Å²) < 4.78 is 1.63. The molecular weight excluding hydrogens is 326 g/mol. The summed E-state index contributed by atoms with van der Waals surface area (Å²) >= 11 is 1.40. The molecule has 0 radical (unpaired) electrons. The lowest BCUT2D eigenvalue weighted by atomic mass is 10.1. The molecule has 8 nitrogen and oxygen atoms in total. The number of nitrogens with one attached hydrogen (secondary N) is 1. The van der Waals surface area contributed by atoms with Crippen molar-refractivity contribution in [3.63, 3.8) is 0 Å². The first kappa shape index (κ1) is 16.2. The van der Waals surface area contributed by atoms with E-state index >= 15 is 0 Å². The van der Waals surface area contributed by atoms with Gasteiger partial charge in [0, 0.05) is 5.92 Å². The van der Waals surface area contributed by atoms with Gasteiger partial charge in [0.05, 0.1) is 0 Å². The molecule has 9 heteroatoms. The Morgan fingerprint density at radius 1 is 1.29 bits per heavy atom. The van der Waals surface area contributed by atoms with E-state index in [0.717, 1.165) is 17.8 Å². The van der Waals surface area contributed by atoms with Crippen molar-refractivity contribution >= 4 is 22.4 Å². The Hall–Kier alpha value is -2.68. The molecule has 0 aliphatic rings. The molecule has 0 unspecified atom stereocenters. The number of rotatable bonds is 6. The van der Waals surface area contributed by atoms with Crippen LogP contribution < -0.4 is 5.32 Å². The number of amides is 1. The molecule has 0 aromatic carbocycles. The zero-order valence-corrected chi connectivity index (χ0v) is 14.2. The van der Waals surface area contributed by atoms with Gasteiger partial charge in [0.1, 0.15) is 29.2 Å². The molecule has 0 saturated carbocycles. The molecule has 0 aliphatic carbocycles. The van der Waals surface area contributed by atoms with Crippen LogP contribution in [0.4, 0.5) is 5.13 Å². The highest BCUT2D eigenvalue weighted by atomic mass is 32.1. The van der Waals surface area contributed by atoms with Gasteiger partial charge in [-0.15, -0.1) is 20.4 Å². The summed E-state index contributed by atoms with van der Waals surface area (Å²) in [5.41, 5.74) is 0.291. The fourth-order valence-corrected chi connectivity index (χ4v) is 3.04. The van der Waals surface area contributed by atoms with Crippen LogP contribution in [0.25, 0.3) is 5.82 Å². The molecule has 3 heterocycles. The molecule has 1 N–H and O–H groups in total. The van der Waals surface area contributed by atoms with Gasteiger partial charge >= 0.3 is 0 Å².